The first-order valence-electron chi connectivity index (χ1n) is 7.84. The fourth-order valence-electron chi connectivity index (χ4n) is 3.17. The number of rotatable bonds is 2. The molecule has 3 N–H and O–H groups in total. The zero-order valence-electron chi connectivity index (χ0n) is 14.3. The van der Waals surface area contributed by atoms with Crippen LogP contribution in [0.3, 0.4) is 0 Å². The highest BCUT2D eigenvalue weighted by Gasteiger charge is 2.68. The van der Waals surface area contributed by atoms with Gasteiger partial charge in [-0.15, -0.1) is 0 Å². The van der Waals surface area contributed by atoms with Crippen molar-refractivity contribution in [3.63, 3.8) is 0 Å². The van der Waals surface area contributed by atoms with Crippen molar-refractivity contribution >= 4 is 6.09 Å². The minimum atomic E-state index is -1.02. The minimum absolute atomic E-state index is 0.184. The monoisotopic (exact) mass is 330 g/mol. The zero-order valence-corrected chi connectivity index (χ0v) is 14.3. The number of nitrogens with one attached hydrogen (secondary N) is 1. The standard InChI is InChI=1S/C15H26N2O6/c1-12(2,3)23-11(18)17-6-14-7-20-15(16,8-19-14)10-9(14)21-13(4,5)22-10/h9-10H,6-8,16H2,1-5H3,(H,17,18)/t9-,10+,14?,15?/m1/s1. The van der Waals surface area contributed by atoms with Crippen LogP contribution in [0.15, 0.2) is 0 Å². The Kier molecular flexibility index (Phi) is 3.70. The molecule has 4 fully saturated rings. The van der Waals surface area contributed by atoms with E-state index in [0.717, 1.165) is 0 Å². The molecule has 2 bridgehead atoms. The van der Waals surface area contributed by atoms with E-state index in [2.05, 4.69) is 5.32 Å². The van der Waals surface area contributed by atoms with Crippen LogP contribution >= 0.6 is 0 Å². The van der Waals surface area contributed by atoms with Crippen LogP contribution in [-0.2, 0) is 23.7 Å². The van der Waals surface area contributed by atoms with Crippen molar-refractivity contribution in [2.75, 3.05) is 19.8 Å². The Morgan fingerprint density at radius 2 is 1.87 bits per heavy atom. The predicted octanol–water partition coefficient (Wildman–Crippen LogP) is 0.485. The third kappa shape index (κ3) is 3.06. The third-order valence-electron chi connectivity index (χ3n) is 4.20. The number of carbonyl (C=O) groups is 1. The van der Waals surface area contributed by atoms with Crippen molar-refractivity contribution in [3.05, 3.63) is 0 Å². The number of amides is 1. The second-order valence-electron chi connectivity index (χ2n) is 7.93. The molecule has 23 heavy (non-hydrogen) atoms. The van der Waals surface area contributed by atoms with Crippen LogP contribution in [0.1, 0.15) is 34.6 Å². The molecular formula is C15H26N2O6. The highest BCUT2D eigenvalue weighted by atomic mass is 16.8. The third-order valence-corrected chi connectivity index (χ3v) is 4.20. The molecule has 4 heterocycles. The lowest BCUT2D eigenvalue weighted by atomic mass is 9.82. The molecule has 4 rings (SSSR count). The lowest BCUT2D eigenvalue weighted by molar-refractivity contribution is -0.327. The molecule has 132 valence electrons. The Morgan fingerprint density at radius 1 is 1.22 bits per heavy atom. The van der Waals surface area contributed by atoms with Crippen LogP contribution in [0.2, 0.25) is 0 Å². The zero-order chi connectivity index (χ0) is 17.1. The van der Waals surface area contributed by atoms with Gasteiger partial charge in [-0.05, 0) is 34.6 Å². The fraction of sp³-hybridized carbons (Fsp3) is 0.933. The van der Waals surface area contributed by atoms with Gasteiger partial charge >= 0.3 is 6.09 Å². The molecule has 0 aliphatic carbocycles. The molecule has 4 atom stereocenters. The molecule has 1 amide bonds. The summed E-state index contributed by atoms with van der Waals surface area (Å²) >= 11 is 0. The SMILES string of the molecule is CC(C)(C)OC(=O)NCC12COC(N)(CO1)[C@H]1OC(C)(C)O[C@H]12. The molecular weight excluding hydrogens is 304 g/mol. The van der Waals surface area contributed by atoms with Gasteiger partial charge in [-0.25, -0.2) is 4.79 Å². The number of ether oxygens (including phenoxy) is 5. The number of fused-ring (bicyclic) bond motifs is 2. The lowest BCUT2D eigenvalue weighted by Crippen LogP contribution is -2.78. The van der Waals surface area contributed by atoms with E-state index in [1.165, 1.54) is 0 Å². The van der Waals surface area contributed by atoms with E-state index in [0.29, 0.717) is 0 Å². The molecule has 0 aromatic heterocycles. The topological polar surface area (TPSA) is 101 Å². The molecule has 8 nitrogen and oxygen atoms in total. The summed E-state index contributed by atoms with van der Waals surface area (Å²) in [5.41, 5.74) is 3.81. The molecule has 0 spiro atoms. The summed E-state index contributed by atoms with van der Waals surface area (Å²) in [5, 5.41) is 2.74. The van der Waals surface area contributed by atoms with E-state index in [1.54, 1.807) is 20.8 Å². The van der Waals surface area contributed by atoms with Gasteiger partial charge in [-0.3, -0.25) is 5.73 Å². The Morgan fingerprint density at radius 3 is 2.43 bits per heavy atom. The molecule has 4 aliphatic rings. The summed E-state index contributed by atoms with van der Waals surface area (Å²) in [6.45, 7) is 9.66. The molecule has 8 heteroatoms. The quantitative estimate of drug-likeness (QED) is 0.759. The van der Waals surface area contributed by atoms with Crippen molar-refractivity contribution < 1.29 is 28.5 Å². The van der Waals surface area contributed by atoms with Crippen molar-refractivity contribution in [3.8, 4) is 0 Å². The molecule has 2 unspecified atom stereocenters. The van der Waals surface area contributed by atoms with Gasteiger partial charge in [-0.1, -0.05) is 0 Å². The molecule has 0 radical (unpaired) electrons. The average Bonchev–Trinajstić information content (AvgIpc) is 2.74. The van der Waals surface area contributed by atoms with Gasteiger partial charge in [0.15, 0.2) is 11.5 Å². The van der Waals surface area contributed by atoms with Gasteiger partial charge in [0.05, 0.1) is 19.8 Å². The van der Waals surface area contributed by atoms with Crippen LogP contribution in [0.5, 0.6) is 0 Å². The number of hydrogen-bond acceptors (Lipinski definition) is 7. The van der Waals surface area contributed by atoms with Crippen LogP contribution < -0.4 is 11.1 Å². The van der Waals surface area contributed by atoms with E-state index >= 15 is 0 Å². The second kappa shape index (κ2) is 5.03. The highest BCUT2D eigenvalue weighted by Crippen LogP contribution is 2.47. The maximum Gasteiger partial charge on any atom is 0.407 e. The van der Waals surface area contributed by atoms with Gasteiger partial charge in [0, 0.05) is 0 Å². The van der Waals surface area contributed by atoms with E-state index in [9.17, 15) is 4.79 Å². The first-order chi connectivity index (χ1) is 10.4. The van der Waals surface area contributed by atoms with E-state index < -0.39 is 41.0 Å². The number of hydrogen-bond donors (Lipinski definition) is 2. The Hall–Kier alpha value is -0.930. The van der Waals surface area contributed by atoms with Crippen molar-refractivity contribution in [1.29, 1.82) is 0 Å². The summed E-state index contributed by atoms with van der Waals surface area (Å²) in [6, 6.07) is 0. The number of nitrogens with two attached hydrogens (primary N) is 1. The smallest absolute Gasteiger partial charge is 0.407 e. The van der Waals surface area contributed by atoms with Crippen LogP contribution in [0.4, 0.5) is 4.79 Å². The molecule has 0 aromatic carbocycles. The molecule has 4 aliphatic heterocycles. The van der Waals surface area contributed by atoms with E-state index in [1.807, 2.05) is 13.8 Å². The normalized spacial score (nSPS) is 41.5. The maximum absolute atomic E-state index is 11.9. The molecule has 4 saturated heterocycles. The van der Waals surface area contributed by atoms with E-state index in [-0.39, 0.29) is 19.8 Å². The summed E-state index contributed by atoms with van der Waals surface area (Å²) in [6.07, 6.45) is -1.37. The lowest BCUT2D eigenvalue weighted by Gasteiger charge is -2.55. The Labute approximate surface area is 135 Å². The number of alkyl carbamates (subject to hydrolysis) is 1. The summed E-state index contributed by atoms with van der Waals surface area (Å²) < 4.78 is 28.8. The van der Waals surface area contributed by atoms with Gasteiger partial charge in [0.2, 0.25) is 0 Å². The van der Waals surface area contributed by atoms with Crippen molar-refractivity contribution in [2.24, 2.45) is 5.73 Å². The predicted molar refractivity (Wildman–Crippen MR) is 79.6 cm³/mol. The van der Waals surface area contributed by atoms with Gasteiger partial charge in [0.25, 0.3) is 0 Å². The van der Waals surface area contributed by atoms with Gasteiger partial charge < -0.3 is 29.0 Å². The van der Waals surface area contributed by atoms with Gasteiger partial charge in [0.1, 0.15) is 23.4 Å². The minimum Gasteiger partial charge on any atom is -0.444 e. The first kappa shape index (κ1) is 16.9. The van der Waals surface area contributed by atoms with Crippen LogP contribution in [0.25, 0.3) is 0 Å². The summed E-state index contributed by atoms with van der Waals surface area (Å²) in [5.74, 6) is -0.779. The average molecular weight is 330 g/mol. The second-order valence-corrected chi connectivity index (χ2v) is 7.93. The van der Waals surface area contributed by atoms with Crippen molar-refractivity contribution in [2.45, 2.75) is 69.5 Å². The summed E-state index contributed by atoms with van der Waals surface area (Å²) in [4.78, 5) is 11.9. The fourth-order valence-corrected chi connectivity index (χ4v) is 3.17. The highest BCUT2D eigenvalue weighted by molar-refractivity contribution is 5.67. The first-order valence-corrected chi connectivity index (χ1v) is 7.84. The van der Waals surface area contributed by atoms with Crippen LogP contribution in [-0.4, -0.2) is 60.8 Å². The maximum atomic E-state index is 11.9. The van der Waals surface area contributed by atoms with E-state index in [4.69, 9.17) is 29.4 Å². The Bertz CT molecular complexity index is 493. The largest absolute Gasteiger partial charge is 0.444 e. The Balaban J connectivity index is 1.72. The molecule has 0 aromatic rings. The van der Waals surface area contributed by atoms with Crippen LogP contribution in [0, 0.1) is 0 Å². The van der Waals surface area contributed by atoms with Crippen molar-refractivity contribution in [1.82, 2.24) is 5.32 Å². The molecule has 0 saturated carbocycles. The number of carbonyl (C=O) groups excluding carboxylic acids is 1. The summed E-state index contributed by atoms with van der Waals surface area (Å²) in [7, 11) is 0. The van der Waals surface area contributed by atoms with Gasteiger partial charge in [-0.2, -0.15) is 0 Å².